The van der Waals surface area contributed by atoms with E-state index in [1.165, 1.54) is 0 Å². The Bertz CT molecular complexity index is 1150. The third-order valence-electron chi connectivity index (χ3n) is 4.15. The van der Waals surface area contributed by atoms with E-state index in [-0.39, 0.29) is 27.9 Å². The minimum Gasteiger partial charge on any atom is -0.283 e. The lowest BCUT2D eigenvalue weighted by Gasteiger charge is -2.13. The number of halogens is 4. The first kappa shape index (κ1) is 20.6. The summed E-state index contributed by atoms with van der Waals surface area (Å²) < 4.78 is 68.0. The highest BCUT2D eigenvalue weighted by atomic mass is 35.5. The summed E-state index contributed by atoms with van der Waals surface area (Å²) in [4.78, 5) is 0.126. The maximum absolute atomic E-state index is 13.0. The van der Waals surface area contributed by atoms with Crippen LogP contribution in [0.5, 0.6) is 0 Å². The number of aromatic nitrogens is 3. The van der Waals surface area contributed by atoms with Crippen LogP contribution in [0.15, 0.2) is 29.3 Å². The molecule has 0 unspecified atom stereocenters. The van der Waals surface area contributed by atoms with Crippen LogP contribution in [0.2, 0.25) is 5.02 Å². The molecule has 6 nitrogen and oxygen atoms in total. The second-order valence-electron chi connectivity index (χ2n) is 6.44. The first-order valence-electron chi connectivity index (χ1n) is 8.08. The zero-order valence-corrected chi connectivity index (χ0v) is 16.7. The van der Waals surface area contributed by atoms with E-state index >= 15 is 0 Å². The molecule has 3 rings (SSSR count). The largest absolute Gasteiger partial charge is 0.417 e. The molecule has 2 aromatic heterocycles. The number of pyridine rings is 1. The van der Waals surface area contributed by atoms with Crippen molar-refractivity contribution in [3.63, 3.8) is 0 Å². The number of rotatable bonds is 4. The SMILES string of the molecule is Cc1cc(C)c(S(=O)(=O)NCc2nnc3c(Cl)cc(C(F)(F)F)cn23)c(C)c1. The van der Waals surface area contributed by atoms with Crippen molar-refractivity contribution in [3.8, 4) is 0 Å². The van der Waals surface area contributed by atoms with Gasteiger partial charge in [0.1, 0.15) is 0 Å². The number of fused-ring (bicyclic) bond motifs is 1. The maximum Gasteiger partial charge on any atom is 0.417 e. The van der Waals surface area contributed by atoms with E-state index in [2.05, 4.69) is 14.9 Å². The third-order valence-corrected chi connectivity index (χ3v) is 6.14. The van der Waals surface area contributed by atoms with Gasteiger partial charge in [-0.25, -0.2) is 13.1 Å². The average molecular weight is 433 g/mol. The summed E-state index contributed by atoms with van der Waals surface area (Å²) in [6, 6.07) is 4.23. The third kappa shape index (κ3) is 3.85. The van der Waals surface area contributed by atoms with Crippen LogP contribution in [0.4, 0.5) is 13.2 Å². The number of hydrogen-bond acceptors (Lipinski definition) is 4. The van der Waals surface area contributed by atoms with Crippen molar-refractivity contribution >= 4 is 27.3 Å². The fourth-order valence-electron chi connectivity index (χ4n) is 3.10. The first-order chi connectivity index (χ1) is 12.9. The standard InChI is InChI=1S/C17H16ClF3N4O2S/c1-9-4-10(2)15(11(3)5-9)28(26,27)22-7-14-23-24-16-13(18)6-12(8-25(14)16)17(19,20)21/h4-6,8,22H,7H2,1-3H3. The second kappa shape index (κ2) is 7.02. The van der Waals surface area contributed by atoms with Gasteiger partial charge in [0, 0.05) is 6.20 Å². The van der Waals surface area contributed by atoms with Gasteiger partial charge in [-0.05, 0) is 38.0 Å². The minimum atomic E-state index is -4.62. The van der Waals surface area contributed by atoms with Crippen LogP contribution >= 0.6 is 11.6 Å². The van der Waals surface area contributed by atoms with Crippen LogP contribution in [0.25, 0.3) is 5.65 Å². The van der Waals surface area contributed by atoms with Crippen LogP contribution in [0, 0.1) is 20.8 Å². The van der Waals surface area contributed by atoms with Gasteiger partial charge in [0.05, 0.1) is 22.0 Å². The molecule has 0 fully saturated rings. The van der Waals surface area contributed by atoms with Crippen LogP contribution < -0.4 is 4.72 Å². The molecule has 1 aromatic carbocycles. The number of benzene rings is 1. The molecule has 0 aliphatic carbocycles. The summed E-state index contributed by atoms with van der Waals surface area (Å²) in [5.74, 6) is -0.0195. The van der Waals surface area contributed by atoms with Crippen molar-refractivity contribution in [2.75, 3.05) is 0 Å². The summed E-state index contributed by atoms with van der Waals surface area (Å²) in [6.45, 7) is 4.86. The molecular weight excluding hydrogens is 417 g/mol. The molecule has 1 N–H and O–H groups in total. The number of aryl methyl sites for hydroxylation is 3. The van der Waals surface area contributed by atoms with Crippen molar-refractivity contribution in [1.29, 1.82) is 0 Å². The van der Waals surface area contributed by atoms with Crippen LogP contribution in [-0.4, -0.2) is 23.0 Å². The van der Waals surface area contributed by atoms with Gasteiger partial charge in [-0.1, -0.05) is 29.3 Å². The van der Waals surface area contributed by atoms with E-state index in [0.717, 1.165) is 22.2 Å². The van der Waals surface area contributed by atoms with E-state index in [0.29, 0.717) is 11.1 Å². The van der Waals surface area contributed by atoms with Gasteiger partial charge in [-0.2, -0.15) is 13.2 Å². The molecule has 0 saturated heterocycles. The van der Waals surface area contributed by atoms with E-state index in [1.54, 1.807) is 26.0 Å². The lowest BCUT2D eigenvalue weighted by Crippen LogP contribution is -2.26. The monoisotopic (exact) mass is 432 g/mol. The predicted molar refractivity (Wildman–Crippen MR) is 97.7 cm³/mol. The van der Waals surface area contributed by atoms with Crippen molar-refractivity contribution in [1.82, 2.24) is 19.3 Å². The van der Waals surface area contributed by atoms with Gasteiger partial charge < -0.3 is 0 Å². The molecule has 0 radical (unpaired) electrons. The van der Waals surface area contributed by atoms with Gasteiger partial charge in [0.15, 0.2) is 11.5 Å². The zero-order valence-electron chi connectivity index (χ0n) is 15.1. The Morgan fingerprint density at radius 3 is 2.29 bits per heavy atom. The molecule has 0 atom stereocenters. The Balaban J connectivity index is 1.97. The van der Waals surface area contributed by atoms with Gasteiger partial charge in [0.25, 0.3) is 0 Å². The lowest BCUT2D eigenvalue weighted by atomic mass is 10.1. The number of nitrogens with one attached hydrogen (secondary N) is 1. The molecule has 0 bridgehead atoms. The lowest BCUT2D eigenvalue weighted by molar-refractivity contribution is -0.137. The molecule has 28 heavy (non-hydrogen) atoms. The molecule has 0 amide bonds. The fraction of sp³-hybridized carbons (Fsp3) is 0.294. The van der Waals surface area contributed by atoms with Gasteiger partial charge in [-0.3, -0.25) is 4.40 Å². The summed E-state index contributed by atoms with van der Waals surface area (Å²) in [7, 11) is -3.92. The first-order valence-corrected chi connectivity index (χ1v) is 9.94. The van der Waals surface area contributed by atoms with Crippen molar-refractivity contribution in [2.45, 2.75) is 38.4 Å². The molecule has 0 aliphatic rings. The van der Waals surface area contributed by atoms with Gasteiger partial charge in [0.2, 0.25) is 10.0 Å². The van der Waals surface area contributed by atoms with Gasteiger partial charge >= 0.3 is 6.18 Å². The Morgan fingerprint density at radius 2 is 1.71 bits per heavy atom. The minimum absolute atomic E-state index is 0.00608. The van der Waals surface area contributed by atoms with E-state index in [1.807, 2.05) is 6.92 Å². The normalized spacial score (nSPS) is 12.7. The molecular formula is C17H16ClF3N4O2S. The van der Waals surface area contributed by atoms with E-state index < -0.39 is 21.8 Å². The summed E-state index contributed by atoms with van der Waals surface area (Å²) in [6.07, 6.45) is -3.83. The van der Waals surface area contributed by atoms with Gasteiger partial charge in [-0.15, -0.1) is 10.2 Å². The fourth-order valence-corrected chi connectivity index (χ4v) is 4.77. The topological polar surface area (TPSA) is 76.4 Å². The number of alkyl halides is 3. The molecule has 2 heterocycles. The number of sulfonamides is 1. The molecule has 0 saturated carbocycles. The summed E-state index contributed by atoms with van der Waals surface area (Å²) >= 11 is 5.86. The Labute approximate surface area is 164 Å². The van der Waals surface area contributed by atoms with Crippen LogP contribution in [0.3, 0.4) is 0 Å². The van der Waals surface area contributed by atoms with E-state index in [9.17, 15) is 21.6 Å². The molecule has 3 aromatic rings. The highest BCUT2D eigenvalue weighted by molar-refractivity contribution is 7.89. The van der Waals surface area contributed by atoms with E-state index in [4.69, 9.17) is 11.6 Å². The average Bonchev–Trinajstić information content (AvgIpc) is 2.94. The summed E-state index contributed by atoms with van der Waals surface area (Å²) in [5, 5.41) is 7.28. The van der Waals surface area contributed by atoms with Crippen LogP contribution in [0.1, 0.15) is 28.1 Å². The molecule has 11 heteroatoms. The quantitative estimate of drug-likeness (QED) is 0.680. The summed E-state index contributed by atoms with van der Waals surface area (Å²) in [5.41, 5.74) is 1.08. The van der Waals surface area contributed by atoms with Crippen LogP contribution in [-0.2, 0) is 22.7 Å². The second-order valence-corrected chi connectivity index (χ2v) is 8.55. The Kier molecular flexibility index (Phi) is 5.15. The van der Waals surface area contributed by atoms with Crippen molar-refractivity contribution in [3.05, 3.63) is 57.5 Å². The highest BCUT2D eigenvalue weighted by Gasteiger charge is 2.32. The highest BCUT2D eigenvalue weighted by Crippen LogP contribution is 2.32. The predicted octanol–water partition coefficient (Wildman–Crippen LogP) is 3.81. The van der Waals surface area contributed by atoms with Crippen molar-refractivity contribution < 1.29 is 21.6 Å². The molecule has 0 aliphatic heterocycles. The van der Waals surface area contributed by atoms with Crippen molar-refractivity contribution in [2.24, 2.45) is 0 Å². The number of hydrogen-bond donors (Lipinski definition) is 1. The maximum atomic E-state index is 13.0. The zero-order chi connectivity index (χ0) is 20.9. The molecule has 150 valence electrons. The number of nitrogens with zero attached hydrogens (tertiary/aromatic N) is 3. The smallest absolute Gasteiger partial charge is 0.283 e. The molecule has 0 spiro atoms. The Morgan fingerprint density at radius 1 is 1.11 bits per heavy atom. The Hall–Kier alpha value is -2.17.